The topological polar surface area (TPSA) is 9.23 Å². The van der Waals surface area contributed by atoms with E-state index in [1.165, 1.54) is 19.3 Å². The summed E-state index contributed by atoms with van der Waals surface area (Å²) in [5.74, 6) is 0. The van der Waals surface area contributed by atoms with E-state index in [-0.39, 0.29) is 0 Å². The average molecular weight is 88.1 g/mol. The molecule has 0 unspecified atom stereocenters. The number of hydrogen-bond acceptors (Lipinski definition) is 1. The highest BCUT2D eigenvalue weighted by molar-refractivity contribution is 4.45. The molecule has 36 valence electrons. The summed E-state index contributed by atoms with van der Waals surface area (Å²) in [6.07, 6.45) is 3.93. The summed E-state index contributed by atoms with van der Waals surface area (Å²) in [4.78, 5) is 0. The monoisotopic (exact) mass is 88.1 g/mol. The highest BCUT2D eigenvalue weighted by Gasteiger charge is 1.94. The smallest absolute Gasteiger partial charge is 0.0466 e. The van der Waals surface area contributed by atoms with Crippen LogP contribution in [0.2, 0.25) is 0 Å². The number of ether oxygens (including phenoxy) is 1. The Balaban J connectivity index is 2.00. The van der Waals surface area contributed by atoms with E-state index in [0.717, 1.165) is 13.2 Å². The zero-order chi connectivity index (χ0) is 4.24. The van der Waals surface area contributed by atoms with Crippen LogP contribution in [0.1, 0.15) is 19.3 Å². The molecular weight excluding hydrogens is 78.0 g/mol. The van der Waals surface area contributed by atoms with Crippen LogP contribution in [-0.4, -0.2) is 13.2 Å². The lowest BCUT2D eigenvalue weighted by molar-refractivity contribution is 0.0968. The van der Waals surface area contributed by atoms with E-state index in [1.54, 1.807) is 0 Å². The minimum Gasteiger partial charge on any atom is -0.381 e. The molecule has 1 heterocycles. The van der Waals surface area contributed by atoms with Crippen molar-refractivity contribution in [3.8, 4) is 0 Å². The Kier molecular flexibility index (Phi) is 1.51. The van der Waals surface area contributed by atoms with Crippen molar-refractivity contribution in [1.29, 1.82) is 0 Å². The first-order valence-electron chi connectivity index (χ1n) is 2.58. The summed E-state index contributed by atoms with van der Waals surface area (Å²) >= 11 is 0. The van der Waals surface area contributed by atoms with Crippen LogP contribution in [0.15, 0.2) is 0 Å². The van der Waals surface area contributed by atoms with Crippen molar-refractivity contribution in [3.63, 3.8) is 0 Å². The number of hydrogen-bond donors (Lipinski definition) is 0. The van der Waals surface area contributed by atoms with E-state index in [1.807, 2.05) is 0 Å². The van der Waals surface area contributed by atoms with Gasteiger partial charge in [0.1, 0.15) is 0 Å². The van der Waals surface area contributed by atoms with Crippen molar-refractivity contribution in [2.24, 2.45) is 0 Å². The van der Waals surface area contributed by atoms with Gasteiger partial charge in [-0.25, -0.2) is 0 Å². The molecule has 1 nitrogen and oxygen atoms in total. The van der Waals surface area contributed by atoms with Crippen molar-refractivity contribution in [3.05, 3.63) is 0 Å². The molecule has 0 aromatic carbocycles. The van der Waals surface area contributed by atoms with Gasteiger partial charge in [0, 0.05) is 13.2 Å². The zero-order valence-corrected chi connectivity index (χ0v) is 3.94. The lowest BCUT2D eigenvalue weighted by Crippen LogP contribution is -2.03. The maximum absolute atomic E-state index is 5.07. The van der Waals surface area contributed by atoms with Gasteiger partial charge in [-0.1, -0.05) is 0 Å². The lowest BCUT2D eigenvalue weighted by Gasteiger charge is -2.08. The maximum Gasteiger partial charge on any atom is 0.0466 e. The third-order valence-corrected chi connectivity index (χ3v) is 1.08. The Bertz CT molecular complexity index is 19.4. The maximum atomic E-state index is 5.07. The predicted molar refractivity (Wildman–Crippen MR) is 24.7 cm³/mol. The molecule has 0 bridgehead atoms. The Labute approximate surface area is 38.3 Å². The van der Waals surface area contributed by atoms with Crippen LogP contribution in [0, 0.1) is 0 Å². The van der Waals surface area contributed by atoms with Gasteiger partial charge < -0.3 is 4.74 Å². The van der Waals surface area contributed by atoms with Crippen LogP contribution in [0.3, 0.4) is 0 Å². The van der Waals surface area contributed by atoms with Gasteiger partial charge in [-0.3, -0.25) is 0 Å². The first-order chi connectivity index (χ1) is 3.00. The minimum absolute atomic E-state index is 1.00. The van der Waals surface area contributed by atoms with Crippen LogP contribution >= 0.6 is 0 Å². The van der Waals surface area contributed by atoms with Crippen LogP contribution < -0.4 is 0 Å². The Hall–Kier alpha value is -0.0400. The standard InChI is InChI=1S/C5H10O/c1-2-4-6-5-3-1/h1-5H2/i4+2. The van der Waals surface area contributed by atoms with Crippen molar-refractivity contribution in [1.82, 2.24) is 0 Å². The molecular formula is C5H10O. The highest BCUT2D eigenvalue weighted by Crippen LogP contribution is 2.01. The van der Waals surface area contributed by atoms with Crippen molar-refractivity contribution in [2.75, 3.05) is 13.2 Å². The summed E-state index contributed by atoms with van der Waals surface area (Å²) in [6, 6.07) is 0. The summed E-state index contributed by atoms with van der Waals surface area (Å²) in [7, 11) is 0. The van der Waals surface area contributed by atoms with Gasteiger partial charge in [0.05, 0.1) is 0 Å². The summed E-state index contributed by atoms with van der Waals surface area (Å²) in [5, 5.41) is 0. The third-order valence-electron chi connectivity index (χ3n) is 1.08. The van der Waals surface area contributed by atoms with Crippen molar-refractivity contribution >= 4 is 0 Å². The normalized spacial score (nSPS) is 24.0. The summed E-state index contributed by atoms with van der Waals surface area (Å²) < 4.78 is 5.07. The van der Waals surface area contributed by atoms with Crippen LogP contribution in [0.4, 0.5) is 0 Å². The Morgan fingerprint density at radius 3 is 2.50 bits per heavy atom. The molecule has 0 saturated carbocycles. The molecule has 0 amide bonds. The molecule has 0 N–H and O–H groups in total. The van der Waals surface area contributed by atoms with Gasteiger partial charge >= 0.3 is 0 Å². The molecule has 0 aliphatic carbocycles. The van der Waals surface area contributed by atoms with Gasteiger partial charge in [-0.2, -0.15) is 0 Å². The van der Waals surface area contributed by atoms with E-state index in [9.17, 15) is 0 Å². The van der Waals surface area contributed by atoms with E-state index in [2.05, 4.69) is 0 Å². The summed E-state index contributed by atoms with van der Waals surface area (Å²) in [5.41, 5.74) is 0. The first-order valence-corrected chi connectivity index (χ1v) is 2.58. The van der Waals surface area contributed by atoms with Gasteiger partial charge in [-0.05, 0) is 19.3 Å². The molecule has 6 heavy (non-hydrogen) atoms. The molecule has 0 atom stereocenters. The highest BCUT2D eigenvalue weighted by atomic mass is 16.6. The molecule has 1 rings (SSSR count). The largest absolute Gasteiger partial charge is 0.381 e. The van der Waals surface area contributed by atoms with Gasteiger partial charge in [0.15, 0.2) is 0 Å². The Morgan fingerprint density at radius 1 is 1.33 bits per heavy atom. The van der Waals surface area contributed by atoms with Crippen molar-refractivity contribution in [2.45, 2.75) is 19.3 Å². The van der Waals surface area contributed by atoms with Crippen LogP contribution in [0.5, 0.6) is 0 Å². The van der Waals surface area contributed by atoms with E-state index in [4.69, 9.17) is 4.74 Å². The fraction of sp³-hybridized carbons (Fsp3) is 1.00. The first kappa shape index (κ1) is 4.13. The van der Waals surface area contributed by atoms with E-state index >= 15 is 0 Å². The second-order valence-electron chi connectivity index (χ2n) is 1.67. The second-order valence-corrected chi connectivity index (χ2v) is 1.67. The quantitative estimate of drug-likeness (QED) is 0.432. The zero-order valence-electron chi connectivity index (χ0n) is 3.94. The second kappa shape index (κ2) is 2.19. The van der Waals surface area contributed by atoms with Gasteiger partial charge in [-0.15, -0.1) is 0 Å². The predicted octanol–water partition coefficient (Wildman–Crippen LogP) is 1.19. The minimum atomic E-state index is 1.00. The molecule has 1 aliphatic heterocycles. The van der Waals surface area contributed by atoms with Gasteiger partial charge in [0.2, 0.25) is 0 Å². The molecule has 0 spiro atoms. The average Bonchev–Trinajstić information content (AvgIpc) is 1.72. The van der Waals surface area contributed by atoms with E-state index < -0.39 is 0 Å². The molecule has 1 aliphatic rings. The number of rotatable bonds is 0. The molecule has 0 aromatic heterocycles. The summed E-state index contributed by atoms with van der Waals surface area (Å²) in [6.45, 7) is 2.00. The van der Waals surface area contributed by atoms with Crippen LogP contribution in [-0.2, 0) is 4.74 Å². The molecule has 1 heteroatoms. The molecule has 0 aromatic rings. The van der Waals surface area contributed by atoms with Gasteiger partial charge in [0.25, 0.3) is 0 Å². The Morgan fingerprint density at radius 2 is 2.33 bits per heavy atom. The molecule has 1 fully saturated rings. The SMILES string of the molecule is C1CCO[14CH2]C1. The molecule has 1 saturated heterocycles. The fourth-order valence-electron chi connectivity index (χ4n) is 0.687. The lowest BCUT2D eigenvalue weighted by atomic mass is 10.3. The molecule has 0 radical (unpaired) electrons. The van der Waals surface area contributed by atoms with Crippen molar-refractivity contribution < 1.29 is 4.74 Å². The fourth-order valence-corrected chi connectivity index (χ4v) is 0.687. The van der Waals surface area contributed by atoms with E-state index in [0.29, 0.717) is 0 Å². The third kappa shape index (κ3) is 0.977. The van der Waals surface area contributed by atoms with Crippen LogP contribution in [0.25, 0.3) is 0 Å².